The Bertz CT molecular complexity index is 335. The highest BCUT2D eigenvalue weighted by atomic mass is 32.1. The van der Waals surface area contributed by atoms with Crippen molar-refractivity contribution in [1.29, 1.82) is 0 Å². The van der Waals surface area contributed by atoms with Gasteiger partial charge in [0, 0.05) is 22.5 Å². The lowest BCUT2D eigenvalue weighted by Crippen LogP contribution is -2.49. The molecule has 0 bridgehead atoms. The van der Waals surface area contributed by atoms with Gasteiger partial charge in [-0.2, -0.15) is 37.9 Å². The van der Waals surface area contributed by atoms with Crippen molar-refractivity contribution in [2.75, 3.05) is 12.3 Å². The number of carbonyl (C=O) groups is 2. The van der Waals surface area contributed by atoms with Crippen LogP contribution in [0.1, 0.15) is 40.5 Å². The van der Waals surface area contributed by atoms with Gasteiger partial charge in [0.25, 0.3) is 0 Å². The maximum absolute atomic E-state index is 12.1. The lowest BCUT2D eigenvalue weighted by Gasteiger charge is -2.23. The third-order valence-electron chi connectivity index (χ3n) is 2.36. The molecule has 2 N–H and O–H groups in total. The SMILES string of the molecule is CC(C)(S)CNC(=O)C(CCS)NC(=O)CC(C)(C)S. The van der Waals surface area contributed by atoms with E-state index in [0.29, 0.717) is 18.7 Å². The molecule has 1 unspecified atom stereocenters. The Balaban J connectivity index is 4.48. The highest BCUT2D eigenvalue weighted by molar-refractivity contribution is 7.82. The van der Waals surface area contributed by atoms with Crippen molar-refractivity contribution >= 4 is 49.7 Å². The molecule has 118 valence electrons. The molecule has 0 aliphatic heterocycles. The maximum Gasteiger partial charge on any atom is 0.242 e. The Hall–Kier alpha value is -0.0100. The molecule has 0 radical (unpaired) electrons. The van der Waals surface area contributed by atoms with Crippen LogP contribution >= 0.6 is 37.9 Å². The molecule has 0 spiro atoms. The predicted octanol–water partition coefficient (Wildman–Crippen LogP) is 1.71. The number of hydrogen-bond donors (Lipinski definition) is 5. The molecule has 0 saturated carbocycles. The largest absolute Gasteiger partial charge is 0.353 e. The van der Waals surface area contributed by atoms with Gasteiger partial charge in [0.2, 0.25) is 11.8 Å². The van der Waals surface area contributed by atoms with E-state index in [2.05, 4.69) is 48.5 Å². The smallest absolute Gasteiger partial charge is 0.242 e. The molecule has 2 amide bonds. The van der Waals surface area contributed by atoms with E-state index in [1.807, 2.05) is 27.7 Å². The second-order valence-electron chi connectivity index (χ2n) is 6.15. The minimum atomic E-state index is -0.564. The summed E-state index contributed by atoms with van der Waals surface area (Å²) in [5, 5.41) is 5.53. The van der Waals surface area contributed by atoms with Crippen LogP contribution in [0.5, 0.6) is 0 Å². The molecule has 0 aromatic heterocycles. The number of nitrogens with one attached hydrogen (secondary N) is 2. The number of thiol groups is 3. The summed E-state index contributed by atoms with van der Waals surface area (Å²) in [5.74, 6) is 0.135. The highest BCUT2D eigenvalue weighted by Gasteiger charge is 2.24. The number of rotatable bonds is 8. The summed E-state index contributed by atoms with van der Waals surface area (Å²) in [6.07, 6.45) is 0.741. The monoisotopic (exact) mass is 338 g/mol. The van der Waals surface area contributed by atoms with Gasteiger partial charge in [-0.1, -0.05) is 13.8 Å². The van der Waals surface area contributed by atoms with Gasteiger partial charge in [0.1, 0.15) is 6.04 Å². The van der Waals surface area contributed by atoms with E-state index in [9.17, 15) is 9.59 Å². The molecular formula is C13H26N2O2S3. The second-order valence-corrected chi connectivity index (χ2v) is 9.02. The normalized spacial score (nSPS) is 13.8. The van der Waals surface area contributed by atoms with Gasteiger partial charge >= 0.3 is 0 Å². The number of carbonyl (C=O) groups excluding carboxylic acids is 2. The molecule has 0 fully saturated rings. The van der Waals surface area contributed by atoms with Crippen LogP contribution in [0.3, 0.4) is 0 Å². The molecule has 0 aliphatic carbocycles. The zero-order chi connectivity index (χ0) is 16.0. The summed E-state index contributed by atoms with van der Waals surface area (Å²) in [6.45, 7) is 7.96. The van der Waals surface area contributed by atoms with Crippen molar-refractivity contribution < 1.29 is 9.59 Å². The minimum Gasteiger partial charge on any atom is -0.353 e. The topological polar surface area (TPSA) is 58.2 Å². The van der Waals surface area contributed by atoms with Gasteiger partial charge < -0.3 is 10.6 Å². The van der Waals surface area contributed by atoms with Crippen molar-refractivity contribution in [3.05, 3.63) is 0 Å². The zero-order valence-electron chi connectivity index (χ0n) is 12.6. The van der Waals surface area contributed by atoms with Gasteiger partial charge in [0.05, 0.1) is 0 Å². The molecule has 0 aromatic rings. The first-order valence-corrected chi connectivity index (χ1v) is 8.10. The van der Waals surface area contributed by atoms with Crippen molar-refractivity contribution in [2.24, 2.45) is 0 Å². The van der Waals surface area contributed by atoms with E-state index in [-0.39, 0.29) is 23.0 Å². The third kappa shape index (κ3) is 10.7. The Morgan fingerprint density at radius 2 is 1.65 bits per heavy atom. The molecule has 0 heterocycles. The van der Waals surface area contributed by atoms with Crippen LogP contribution in [0, 0.1) is 0 Å². The van der Waals surface area contributed by atoms with Crippen molar-refractivity contribution in [3.63, 3.8) is 0 Å². The minimum absolute atomic E-state index is 0.183. The van der Waals surface area contributed by atoms with E-state index in [4.69, 9.17) is 0 Å². The van der Waals surface area contributed by atoms with Crippen LogP contribution in [0.15, 0.2) is 0 Å². The third-order valence-corrected chi connectivity index (χ3v) is 2.93. The molecule has 0 aromatic carbocycles. The first-order valence-electron chi connectivity index (χ1n) is 6.57. The van der Waals surface area contributed by atoms with Gasteiger partial charge in [-0.25, -0.2) is 0 Å². The first kappa shape index (κ1) is 20.0. The molecule has 0 rings (SSSR count). The van der Waals surface area contributed by atoms with Crippen molar-refractivity contribution in [2.45, 2.75) is 56.1 Å². The van der Waals surface area contributed by atoms with E-state index in [0.717, 1.165) is 0 Å². The lowest BCUT2D eigenvalue weighted by molar-refractivity contribution is -0.129. The molecule has 7 heteroatoms. The molecule has 0 aliphatic rings. The van der Waals surface area contributed by atoms with Crippen molar-refractivity contribution in [3.8, 4) is 0 Å². The standard InChI is InChI=1S/C13H26N2O2S3/c1-12(2,19)7-10(16)15-9(5-6-18)11(17)14-8-13(3,4)20/h9,18-20H,5-8H2,1-4H3,(H,14,17)(H,15,16). The number of amides is 2. The van der Waals surface area contributed by atoms with Crippen LogP contribution in [0.4, 0.5) is 0 Å². The van der Waals surface area contributed by atoms with Crippen LogP contribution in [-0.4, -0.2) is 39.6 Å². The molecule has 4 nitrogen and oxygen atoms in total. The van der Waals surface area contributed by atoms with Gasteiger partial charge in [-0.3, -0.25) is 9.59 Å². The lowest BCUT2D eigenvalue weighted by atomic mass is 10.1. The van der Waals surface area contributed by atoms with Gasteiger partial charge in [-0.05, 0) is 26.0 Å². The Morgan fingerprint density at radius 1 is 1.10 bits per heavy atom. The first-order chi connectivity index (χ1) is 8.94. The molecule has 20 heavy (non-hydrogen) atoms. The predicted molar refractivity (Wildman–Crippen MR) is 94.2 cm³/mol. The maximum atomic E-state index is 12.1. The van der Waals surface area contributed by atoms with E-state index < -0.39 is 10.8 Å². The second kappa shape index (κ2) is 8.44. The fraction of sp³-hybridized carbons (Fsp3) is 0.846. The summed E-state index contributed by atoms with van der Waals surface area (Å²) >= 11 is 12.8. The molecular weight excluding hydrogens is 312 g/mol. The fourth-order valence-corrected chi connectivity index (χ4v) is 1.94. The summed E-state index contributed by atoms with van der Waals surface area (Å²) in [6, 6.07) is -0.564. The van der Waals surface area contributed by atoms with Crippen molar-refractivity contribution in [1.82, 2.24) is 10.6 Å². The van der Waals surface area contributed by atoms with Gasteiger partial charge in [0.15, 0.2) is 0 Å². The van der Waals surface area contributed by atoms with E-state index in [1.165, 1.54) is 0 Å². The van der Waals surface area contributed by atoms with Crippen LogP contribution in [-0.2, 0) is 9.59 Å². The average molecular weight is 339 g/mol. The molecule has 1 atom stereocenters. The van der Waals surface area contributed by atoms with E-state index >= 15 is 0 Å². The van der Waals surface area contributed by atoms with E-state index in [1.54, 1.807) is 0 Å². The number of hydrogen-bond acceptors (Lipinski definition) is 5. The Morgan fingerprint density at radius 3 is 2.05 bits per heavy atom. The Labute approximate surface area is 138 Å². The fourth-order valence-electron chi connectivity index (χ4n) is 1.46. The van der Waals surface area contributed by atoms with Crippen LogP contribution < -0.4 is 10.6 Å². The summed E-state index contributed by atoms with van der Waals surface area (Å²) in [5.41, 5.74) is 0. The average Bonchev–Trinajstić information content (AvgIpc) is 2.21. The highest BCUT2D eigenvalue weighted by Crippen LogP contribution is 2.16. The van der Waals surface area contributed by atoms with Crippen LogP contribution in [0.25, 0.3) is 0 Å². The summed E-state index contributed by atoms with van der Waals surface area (Å²) < 4.78 is -0.697. The summed E-state index contributed by atoms with van der Waals surface area (Å²) in [7, 11) is 0. The van der Waals surface area contributed by atoms with Gasteiger partial charge in [-0.15, -0.1) is 0 Å². The van der Waals surface area contributed by atoms with Crippen LogP contribution in [0.2, 0.25) is 0 Å². The molecule has 0 saturated heterocycles. The quantitative estimate of drug-likeness (QED) is 0.438. The zero-order valence-corrected chi connectivity index (χ0v) is 15.2. The Kier molecular flexibility index (Phi) is 8.43. The summed E-state index contributed by atoms with van der Waals surface area (Å²) in [4.78, 5) is 23.9.